The van der Waals surface area contributed by atoms with Crippen LogP contribution in [0.25, 0.3) is 22.4 Å². The molecule has 1 aliphatic rings. The van der Waals surface area contributed by atoms with Gasteiger partial charge in [-0.3, -0.25) is 9.78 Å². The van der Waals surface area contributed by atoms with Gasteiger partial charge in [0, 0.05) is 47.7 Å². The van der Waals surface area contributed by atoms with Gasteiger partial charge in [-0.2, -0.15) is 0 Å². The third-order valence-corrected chi connectivity index (χ3v) is 6.24. The van der Waals surface area contributed by atoms with E-state index in [-0.39, 0.29) is 5.78 Å². The van der Waals surface area contributed by atoms with E-state index in [9.17, 15) is 9.18 Å². The molecule has 4 aromatic heterocycles. The van der Waals surface area contributed by atoms with Crippen molar-refractivity contribution in [2.24, 2.45) is 11.8 Å². The van der Waals surface area contributed by atoms with Crippen molar-refractivity contribution in [3.63, 3.8) is 0 Å². The van der Waals surface area contributed by atoms with Crippen LogP contribution in [0.3, 0.4) is 0 Å². The molecule has 0 bridgehead atoms. The molecule has 0 spiro atoms. The van der Waals surface area contributed by atoms with Crippen molar-refractivity contribution in [3.05, 3.63) is 66.5 Å². The summed E-state index contributed by atoms with van der Waals surface area (Å²) in [4.78, 5) is 36.7. The van der Waals surface area contributed by atoms with Crippen molar-refractivity contribution < 1.29 is 9.18 Å². The molecule has 0 radical (unpaired) electrons. The Labute approximate surface area is 184 Å². The Hall–Kier alpha value is -3.55. The summed E-state index contributed by atoms with van der Waals surface area (Å²) < 4.78 is 14.6. The molecule has 2 atom stereocenters. The molecular weight excluding hydrogens is 407 g/mol. The number of carbonyl (C=O) groups is 1. The number of aromatic nitrogens is 6. The Morgan fingerprint density at radius 2 is 2.03 bits per heavy atom. The van der Waals surface area contributed by atoms with Crippen molar-refractivity contribution in [1.82, 2.24) is 29.9 Å². The highest BCUT2D eigenvalue weighted by Gasteiger charge is 2.26. The lowest BCUT2D eigenvalue weighted by molar-refractivity contribution is 0.0939. The summed E-state index contributed by atoms with van der Waals surface area (Å²) in [5, 5.41) is 0.803. The van der Waals surface area contributed by atoms with E-state index in [2.05, 4.69) is 29.9 Å². The van der Waals surface area contributed by atoms with Crippen molar-refractivity contribution in [2.45, 2.75) is 38.5 Å². The number of hydrogen-bond donors (Lipinski definition) is 1. The molecule has 1 N–H and O–H groups in total. The van der Waals surface area contributed by atoms with E-state index in [0.717, 1.165) is 36.6 Å². The minimum absolute atomic E-state index is 0.126. The van der Waals surface area contributed by atoms with Gasteiger partial charge in [-0.1, -0.05) is 12.8 Å². The van der Waals surface area contributed by atoms with Gasteiger partial charge < -0.3 is 4.98 Å². The molecule has 1 fully saturated rings. The zero-order valence-corrected chi connectivity index (χ0v) is 17.5. The summed E-state index contributed by atoms with van der Waals surface area (Å²) in [6.45, 7) is 0. The number of pyridine rings is 1. The fourth-order valence-corrected chi connectivity index (χ4v) is 4.67. The molecule has 8 heteroatoms. The van der Waals surface area contributed by atoms with Gasteiger partial charge in [0.1, 0.15) is 12.0 Å². The Bertz CT molecular complexity index is 1240. The van der Waals surface area contributed by atoms with Crippen molar-refractivity contribution in [2.75, 3.05) is 0 Å². The second-order valence-corrected chi connectivity index (χ2v) is 8.45. The first kappa shape index (κ1) is 20.4. The minimum atomic E-state index is -0.390. The van der Waals surface area contributed by atoms with Gasteiger partial charge in [0.05, 0.1) is 11.9 Å². The van der Waals surface area contributed by atoms with Gasteiger partial charge in [0.25, 0.3) is 0 Å². The second kappa shape index (κ2) is 8.90. The van der Waals surface area contributed by atoms with E-state index in [4.69, 9.17) is 0 Å². The Balaban J connectivity index is 1.30. The predicted octanol–water partition coefficient (Wildman–Crippen LogP) is 4.57. The lowest BCUT2D eigenvalue weighted by Gasteiger charge is -2.28. The first-order chi connectivity index (χ1) is 15.7. The number of Topliss-reactive ketones (excluding diaryl/α,β-unsaturated/α-hetero) is 1. The van der Waals surface area contributed by atoms with E-state index in [1.165, 1.54) is 12.5 Å². The first-order valence-corrected chi connectivity index (χ1v) is 10.9. The molecular formula is C24H23FN6O. The van der Waals surface area contributed by atoms with Crippen molar-refractivity contribution in [1.29, 1.82) is 0 Å². The summed E-state index contributed by atoms with van der Waals surface area (Å²) in [5.41, 5.74) is 2.53. The van der Waals surface area contributed by atoms with Gasteiger partial charge in [0.15, 0.2) is 17.4 Å². The van der Waals surface area contributed by atoms with Crippen molar-refractivity contribution >= 4 is 16.8 Å². The largest absolute Gasteiger partial charge is 0.345 e. The predicted molar refractivity (Wildman–Crippen MR) is 117 cm³/mol. The molecule has 4 aromatic rings. The van der Waals surface area contributed by atoms with Crippen LogP contribution < -0.4 is 0 Å². The Morgan fingerprint density at radius 3 is 2.91 bits per heavy atom. The molecule has 1 aliphatic carbocycles. The van der Waals surface area contributed by atoms with Crippen LogP contribution in [0.4, 0.5) is 4.39 Å². The summed E-state index contributed by atoms with van der Waals surface area (Å²) >= 11 is 0. The van der Waals surface area contributed by atoms with Crippen LogP contribution in [-0.4, -0.2) is 35.7 Å². The number of H-pyrrole nitrogens is 1. The number of carbonyl (C=O) groups excluding carboxylic acids is 1. The van der Waals surface area contributed by atoms with Crippen LogP contribution in [0.5, 0.6) is 0 Å². The average Bonchev–Trinajstić information content (AvgIpc) is 3.26. The van der Waals surface area contributed by atoms with Crippen LogP contribution >= 0.6 is 0 Å². The number of aromatic amines is 1. The molecule has 0 aliphatic heterocycles. The van der Waals surface area contributed by atoms with E-state index >= 15 is 0 Å². The fourth-order valence-electron chi connectivity index (χ4n) is 4.67. The molecule has 0 amide bonds. The molecule has 0 unspecified atom stereocenters. The maximum Gasteiger partial charge on any atom is 0.164 e. The highest BCUT2D eigenvalue weighted by molar-refractivity contribution is 5.95. The minimum Gasteiger partial charge on any atom is -0.345 e. The second-order valence-electron chi connectivity index (χ2n) is 8.45. The van der Waals surface area contributed by atoms with E-state index in [0.29, 0.717) is 47.4 Å². The van der Waals surface area contributed by atoms with Gasteiger partial charge >= 0.3 is 0 Å². The summed E-state index contributed by atoms with van der Waals surface area (Å²) in [5.74, 6) is 0.788. The highest BCUT2D eigenvalue weighted by atomic mass is 19.1. The van der Waals surface area contributed by atoms with Gasteiger partial charge in [-0.05, 0) is 43.2 Å². The molecule has 32 heavy (non-hydrogen) atoms. The molecule has 0 aromatic carbocycles. The van der Waals surface area contributed by atoms with Crippen LogP contribution in [0, 0.1) is 17.7 Å². The number of halogens is 1. The number of nitrogens with one attached hydrogen (secondary N) is 1. The van der Waals surface area contributed by atoms with Crippen LogP contribution in [0.2, 0.25) is 0 Å². The van der Waals surface area contributed by atoms with Gasteiger partial charge in [0.2, 0.25) is 0 Å². The highest BCUT2D eigenvalue weighted by Crippen LogP contribution is 2.34. The van der Waals surface area contributed by atoms with E-state index < -0.39 is 5.82 Å². The summed E-state index contributed by atoms with van der Waals surface area (Å²) in [6.07, 6.45) is 14.5. The molecule has 7 nitrogen and oxygen atoms in total. The fraction of sp³-hybridized carbons (Fsp3) is 0.333. The van der Waals surface area contributed by atoms with Crippen LogP contribution in [0.1, 0.15) is 48.2 Å². The normalized spacial score (nSPS) is 18.7. The topological polar surface area (TPSA) is 97.3 Å². The zero-order chi connectivity index (χ0) is 21.9. The number of ketones is 1. The lowest BCUT2D eigenvalue weighted by atomic mass is 9.77. The maximum atomic E-state index is 14.6. The molecule has 162 valence electrons. The number of hydrogen-bond acceptors (Lipinski definition) is 6. The molecule has 4 heterocycles. The van der Waals surface area contributed by atoms with Crippen LogP contribution in [0.15, 0.2) is 49.4 Å². The smallest absolute Gasteiger partial charge is 0.164 e. The Morgan fingerprint density at radius 1 is 1.12 bits per heavy atom. The quantitative estimate of drug-likeness (QED) is 0.450. The average molecular weight is 430 g/mol. The molecule has 0 saturated heterocycles. The third kappa shape index (κ3) is 4.26. The summed E-state index contributed by atoms with van der Waals surface area (Å²) in [7, 11) is 0. The van der Waals surface area contributed by atoms with Crippen molar-refractivity contribution in [3.8, 4) is 11.4 Å². The maximum absolute atomic E-state index is 14.6. The zero-order valence-electron chi connectivity index (χ0n) is 17.5. The van der Waals surface area contributed by atoms with Crippen LogP contribution in [-0.2, 0) is 6.42 Å². The van der Waals surface area contributed by atoms with Gasteiger partial charge in [-0.25, -0.2) is 24.3 Å². The third-order valence-electron chi connectivity index (χ3n) is 6.24. The lowest BCUT2D eigenvalue weighted by Crippen LogP contribution is -2.21. The number of nitrogens with zero attached hydrogens (tertiary/aromatic N) is 5. The summed E-state index contributed by atoms with van der Waals surface area (Å²) in [6, 6.07) is 3.59. The molecule has 5 rings (SSSR count). The molecule has 1 saturated carbocycles. The number of fused-ring (bicyclic) bond motifs is 1. The SMILES string of the molecule is O=C(C[C@H]1CCC[C@@H](Cc2nc(-c3c[nH]c4ncncc34)ncc2F)C1)c1cccnc1. The standard InChI is InChI=1S/C24H23FN6O/c25-20-13-29-24(19-12-28-23-18(19)11-27-14-30-23)31-21(20)8-15-3-1-4-16(7-15)9-22(32)17-5-2-6-26-10-17/h2,5-6,10-16H,1,3-4,7-9H2,(H,27,28,30)/t15-,16+/m1/s1. The monoisotopic (exact) mass is 430 g/mol. The Kier molecular flexibility index (Phi) is 5.66. The first-order valence-electron chi connectivity index (χ1n) is 10.9. The number of rotatable bonds is 6. The van der Waals surface area contributed by atoms with Gasteiger partial charge in [-0.15, -0.1) is 0 Å². The van der Waals surface area contributed by atoms with E-state index in [1.807, 2.05) is 6.07 Å². The van der Waals surface area contributed by atoms with E-state index in [1.54, 1.807) is 30.9 Å².